The number of rotatable bonds is 9. The smallest absolute Gasteiger partial charge is 0.0600 e. The highest BCUT2D eigenvalue weighted by atomic mass is 33.2. The molecule has 0 bridgehead atoms. The molecule has 2 fully saturated rings. The van der Waals surface area contributed by atoms with Crippen molar-refractivity contribution >= 4 is 88.3 Å². The maximum Gasteiger partial charge on any atom is 0.0600 e. The van der Waals surface area contributed by atoms with Crippen molar-refractivity contribution in [3.8, 4) is 0 Å². The van der Waals surface area contributed by atoms with Crippen molar-refractivity contribution < 1.29 is 0 Å². The summed E-state index contributed by atoms with van der Waals surface area (Å²) in [6, 6.07) is 0. The Morgan fingerprint density at radius 3 is 1.44 bits per heavy atom. The van der Waals surface area contributed by atoms with E-state index in [1.165, 1.54) is 33.2 Å². The van der Waals surface area contributed by atoms with Gasteiger partial charge in [0, 0.05) is 33.5 Å². The van der Waals surface area contributed by atoms with Crippen molar-refractivity contribution in [1.29, 1.82) is 0 Å². The third-order valence-electron chi connectivity index (χ3n) is 1.90. The molecular formula is C8H14S8. The minimum Gasteiger partial charge on any atom is -0.160 e. The van der Waals surface area contributed by atoms with Crippen LogP contribution in [0.1, 0.15) is 0 Å². The van der Waals surface area contributed by atoms with Gasteiger partial charge in [-0.15, -0.1) is 0 Å². The van der Waals surface area contributed by atoms with E-state index in [2.05, 4.69) is 45.1 Å². The van der Waals surface area contributed by atoms with Crippen LogP contribution in [0.5, 0.6) is 0 Å². The molecule has 0 aromatic rings. The Balaban J connectivity index is 1.27. The van der Waals surface area contributed by atoms with E-state index >= 15 is 0 Å². The molecule has 2 heterocycles. The molecule has 0 saturated carbocycles. The molecule has 0 spiro atoms. The van der Waals surface area contributed by atoms with Crippen molar-refractivity contribution in [2.45, 2.75) is 10.5 Å². The predicted molar refractivity (Wildman–Crippen MR) is 97.5 cm³/mol. The van der Waals surface area contributed by atoms with E-state index in [1.807, 2.05) is 43.2 Å². The Kier molecular flexibility index (Phi) is 9.18. The largest absolute Gasteiger partial charge is 0.160 e. The molecular weight excluding hydrogens is 353 g/mol. The number of hydrogen-bond donors (Lipinski definition) is 0. The molecule has 2 aliphatic heterocycles. The van der Waals surface area contributed by atoms with Crippen LogP contribution < -0.4 is 0 Å². The fourth-order valence-electron chi connectivity index (χ4n) is 0.895. The quantitative estimate of drug-likeness (QED) is 0.303. The van der Waals surface area contributed by atoms with E-state index in [0.29, 0.717) is 0 Å². The maximum atomic E-state index is 2.09. The Morgan fingerprint density at radius 2 is 1.12 bits per heavy atom. The standard InChI is InChI=1S/C8H14S8/c1-7(2-9-1)15-13-5-11-12-6-14-16-8-3-10-4-8/h7-8H,1-6H2. The van der Waals surface area contributed by atoms with E-state index in [4.69, 9.17) is 0 Å². The molecule has 0 unspecified atom stereocenters. The van der Waals surface area contributed by atoms with Gasteiger partial charge >= 0.3 is 0 Å². The van der Waals surface area contributed by atoms with Crippen molar-refractivity contribution in [2.24, 2.45) is 0 Å². The lowest BCUT2D eigenvalue weighted by molar-refractivity contribution is 1.09. The summed E-state index contributed by atoms with van der Waals surface area (Å²) < 4.78 is 0. The van der Waals surface area contributed by atoms with Crippen LogP contribution in [-0.2, 0) is 0 Å². The van der Waals surface area contributed by atoms with Crippen LogP contribution in [0.4, 0.5) is 0 Å². The summed E-state index contributed by atoms with van der Waals surface area (Å²) in [5.41, 5.74) is 0. The van der Waals surface area contributed by atoms with Crippen LogP contribution >= 0.6 is 88.3 Å². The Morgan fingerprint density at radius 1 is 0.688 bits per heavy atom. The minimum absolute atomic E-state index is 0.946. The minimum atomic E-state index is 0.946. The first-order chi connectivity index (χ1) is 7.95. The van der Waals surface area contributed by atoms with Gasteiger partial charge in [0.1, 0.15) is 0 Å². The molecule has 8 heteroatoms. The van der Waals surface area contributed by atoms with Crippen molar-refractivity contribution in [2.75, 3.05) is 33.2 Å². The molecule has 0 nitrogen and oxygen atoms in total. The highest BCUT2D eigenvalue weighted by Gasteiger charge is 2.19. The van der Waals surface area contributed by atoms with Gasteiger partial charge in [0.15, 0.2) is 0 Å². The Hall–Kier alpha value is 2.80. The average molecular weight is 367 g/mol. The molecule has 2 saturated heterocycles. The zero-order valence-corrected chi connectivity index (χ0v) is 15.2. The molecule has 94 valence electrons. The molecule has 0 aromatic heterocycles. The highest BCUT2D eigenvalue weighted by Crippen LogP contribution is 2.43. The fourth-order valence-corrected chi connectivity index (χ4v) is 13.7. The van der Waals surface area contributed by atoms with E-state index in [0.717, 1.165) is 10.5 Å². The lowest BCUT2D eigenvalue weighted by atomic mass is 10.5. The summed E-state index contributed by atoms with van der Waals surface area (Å²) in [7, 11) is 12.3. The second kappa shape index (κ2) is 9.66. The van der Waals surface area contributed by atoms with Crippen LogP contribution in [0.25, 0.3) is 0 Å². The van der Waals surface area contributed by atoms with Crippen LogP contribution in [0.2, 0.25) is 0 Å². The fraction of sp³-hybridized carbons (Fsp3) is 1.00. The zero-order chi connectivity index (χ0) is 11.1. The summed E-state index contributed by atoms with van der Waals surface area (Å²) in [5.74, 6) is 5.51. The van der Waals surface area contributed by atoms with Crippen LogP contribution in [0.15, 0.2) is 0 Å². The highest BCUT2D eigenvalue weighted by molar-refractivity contribution is 8.88. The molecule has 2 rings (SSSR count). The van der Waals surface area contributed by atoms with E-state index < -0.39 is 0 Å². The number of hydrogen-bond acceptors (Lipinski definition) is 8. The van der Waals surface area contributed by atoms with Crippen molar-refractivity contribution in [3.63, 3.8) is 0 Å². The van der Waals surface area contributed by atoms with E-state index in [1.54, 1.807) is 0 Å². The van der Waals surface area contributed by atoms with Gasteiger partial charge in [-0.05, 0) is 0 Å². The van der Waals surface area contributed by atoms with Gasteiger partial charge in [0.25, 0.3) is 0 Å². The summed E-state index contributed by atoms with van der Waals surface area (Å²) in [4.78, 5) is 0. The normalized spacial score (nSPS) is 21.8. The first kappa shape index (κ1) is 15.2. The summed E-state index contributed by atoms with van der Waals surface area (Å²) in [5, 5.41) is 4.37. The first-order valence-electron chi connectivity index (χ1n) is 4.91. The summed E-state index contributed by atoms with van der Waals surface area (Å²) >= 11 is 4.15. The van der Waals surface area contributed by atoms with Gasteiger partial charge in [-0.3, -0.25) is 0 Å². The molecule has 0 N–H and O–H groups in total. The third-order valence-corrected chi connectivity index (χ3v) is 14.9. The molecule has 0 atom stereocenters. The second-order valence-electron chi connectivity index (χ2n) is 3.22. The lowest BCUT2D eigenvalue weighted by Gasteiger charge is -2.23. The SMILES string of the molecule is C(SSCSSC1CSC1)SSC1CSC1. The molecule has 0 radical (unpaired) electrons. The van der Waals surface area contributed by atoms with Gasteiger partial charge in [-0.1, -0.05) is 64.8 Å². The lowest BCUT2D eigenvalue weighted by Crippen LogP contribution is -2.19. The second-order valence-corrected chi connectivity index (χ2v) is 13.9. The van der Waals surface area contributed by atoms with Gasteiger partial charge in [0.05, 0.1) is 10.2 Å². The van der Waals surface area contributed by atoms with Crippen molar-refractivity contribution in [3.05, 3.63) is 0 Å². The average Bonchev–Trinajstić information content (AvgIpc) is 2.15. The van der Waals surface area contributed by atoms with Gasteiger partial charge in [-0.2, -0.15) is 23.5 Å². The van der Waals surface area contributed by atoms with Gasteiger partial charge in [0.2, 0.25) is 0 Å². The van der Waals surface area contributed by atoms with Gasteiger partial charge in [-0.25, -0.2) is 0 Å². The molecule has 16 heavy (non-hydrogen) atoms. The topological polar surface area (TPSA) is 0 Å². The molecule has 0 aromatic carbocycles. The predicted octanol–water partition coefficient (Wildman–Crippen LogP) is 5.28. The van der Waals surface area contributed by atoms with Gasteiger partial charge < -0.3 is 0 Å². The van der Waals surface area contributed by atoms with Crippen molar-refractivity contribution in [1.82, 2.24) is 0 Å². The molecule has 0 amide bonds. The summed E-state index contributed by atoms with van der Waals surface area (Å²) in [6.07, 6.45) is 0. The van der Waals surface area contributed by atoms with Crippen LogP contribution in [0, 0.1) is 0 Å². The zero-order valence-electron chi connectivity index (χ0n) is 8.66. The maximum absolute atomic E-state index is 2.09. The number of thioether (sulfide) groups is 2. The van der Waals surface area contributed by atoms with E-state index in [-0.39, 0.29) is 0 Å². The first-order valence-corrected chi connectivity index (χ1v) is 14.5. The Labute approximate surface area is 130 Å². The third kappa shape index (κ3) is 6.30. The van der Waals surface area contributed by atoms with Crippen LogP contribution in [0.3, 0.4) is 0 Å². The summed E-state index contributed by atoms with van der Waals surface area (Å²) in [6.45, 7) is 0. The van der Waals surface area contributed by atoms with E-state index in [9.17, 15) is 0 Å². The molecule has 0 aliphatic carbocycles. The van der Waals surface area contributed by atoms with Crippen LogP contribution in [-0.4, -0.2) is 43.7 Å². The molecule has 2 aliphatic rings. The Bertz CT molecular complexity index is 161. The monoisotopic (exact) mass is 366 g/mol.